The quantitative estimate of drug-likeness (QED) is 0.339. The SMILES string of the molecule is C=CCN1C(=O)/C(=C/c2cc(C)n(-c3cccc(Br)c3)c2C)C(=O)NC1=S. The molecule has 1 fully saturated rings. The van der Waals surface area contributed by atoms with Crippen molar-refractivity contribution in [3.8, 4) is 5.69 Å². The normalized spacial score (nSPS) is 16.0. The van der Waals surface area contributed by atoms with Gasteiger partial charge in [0, 0.05) is 28.1 Å². The maximum absolute atomic E-state index is 12.7. The van der Waals surface area contributed by atoms with Crippen LogP contribution in [0.3, 0.4) is 0 Å². The van der Waals surface area contributed by atoms with Crippen LogP contribution >= 0.6 is 28.1 Å². The number of halogens is 1. The van der Waals surface area contributed by atoms with Crippen LogP contribution in [0.1, 0.15) is 17.0 Å². The van der Waals surface area contributed by atoms with Crippen LogP contribution in [0.15, 0.2) is 53.0 Å². The van der Waals surface area contributed by atoms with Gasteiger partial charge >= 0.3 is 0 Å². The van der Waals surface area contributed by atoms with Gasteiger partial charge in [-0.1, -0.05) is 28.1 Å². The molecule has 1 aliphatic heterocycles. The van der Waals surface area contributed by atoms with Crippen LogP contribution in [-0.2, 0) is 9.59 Å². The first-order valence-corrected chi connectivity index (χ1v) is 9.48. The number of benzene rings is 1. The second-order valence-corrected chi connectivity index (χ2v) is 7.47. The van der Waals surface area contributed by atoms with Gasteiger partial charge in [0.2, 0.25) is 0 Å². The van der Waals surface area contributed by atoms with Crippen LogP contribution in [0.4, 0.5) is 0 Å². The molecule has 0 bridgehead atoms. The summed E-state index contributed by atoms with van der Waals surface area (Å²) < 4.78 is 3.05. The zero-order valence-electron chi connectivity index (χ0n) is 15.0. The molecule has 0 spiro atoms. The molecule has 2 aromatic rings. The van der Waals surface area contributed by atoms with Gasteiger partial charge < -0.3 is 4.57 Å². The molecule has 138 valence electrons. The Morgan fingerprint density at radius 2 is 2.00 bits per heavy atom. The van der Waals surface area contributed by atoms with Gasteiger partial charge in [0.05, 0.1) is 0 Å². The lowest BCUT2D eigenvalue weighted by atomic mass is 10.1. The van der Waals surface area contributed by atoms with Gasteiger partial charge in [0.15, 0.2) is 5.11 Å². The highest BCUT2D eigenvalue weighted by Crippen LogP contribution is 2.25. The highest BCUT2D eigenvalue weighted by molar-refractivity contribution is 9.10. The highest BCUT2D eigenvalue weighted by Gasteiger charge is 2.32. The Bertz CT molecular complexity index is 1010. The topological polar surface area (TPSA) is 54.3 Å². The van der Waals surface area contributed by atoms with Crippen LogP contribution in [0.2, 0.25) is 0 Å². The molecular weight excluding hydrogens is 426 g/mol. The van der Waals surface area contributed by atoms with E-state index in [4.69, 9.17) is 12.2 Å². The summed E-state index contributed by atoms with van der Waals surface area (Å²) in [4.78, 5) is 26.4. The maximum atomic E-state index is 12.7. The minimum atomic E-state index is -0.488. The van der Waals surface area contributed by atoms with Crippen molar-refractivity contribution in [2.24, 2.45) is 0 Å². The number of rotatable bonds is 4. The number of hydrogen-bond donors (Lipinski definition) is 1. The van der Waals surface area contributed by atoms with Crippen molar-refractivity contribution in [2.75, 3.05) is 6.54 Å². The van der Waals surface area contributed by atoms with Crippen LogP contribution in [0.25, 0.3) is 11.8 Å². The number of hydrogen-bond acceptors (Lipinski definition) is 3. The second-order valence-electron chi connectivity index (χ2n) is 6.16. The summed E-state index contributed by atoms with van der Waals surface area (Å²) in [6, 6.07) is 9.89. The number of carbonyl (C=O) groups excluding carboxylic acids is 2. The third-order valence-corrected chi connectivity index (χ3v) is 5.15. The zero-order chi connectivity index (χ0) is 19.7. The van der Waals surface area contributed by atoms with E-state index in [0.717, 1.165) is 27.1 Å². The maximum Gasteiger partial charge on any atom is 0.265 e. The smallest absolute Gasteiger partial charge is 0.265 e. The minimum absolute atomic E-state index is 0.0555. The Morgan fingerprint density at radius 3 is 2.67 bits per heavy atom. The molecule has 7 heteroatoms. The Hall–Kier alpha value is -2.51. The molecular formula is C20H18BrN3O2S. The van der Waals surface area contributed by atoms with E-state index in [9.17, 15) is 9.59 Å². The van der Waals surface area contributed by atoms with Gasteiger partial charge in [-0.25, -0.2) is 0 Å². The summed E-state index contributed by atoms with van der Waals surface area (Å²) in [6.07, 6.45) is 3.19. The lowest BCUT2D eigenvalue weighted by molar-refractivity contribution is -0.128. The Morgan fingerprint density at radius 1 is 1.26 bits per heavy atom. The summed E-state index contributed by atoms with van der Waals surface area (Å²) in [5.74, 6) is -0.909. The molecule has 0 aliphatic carbocycles. The Labute approximate surface area is 171 Å². The van der Waals surface area contributed by atoms with E-state index in [1.54, 1.807) is 12.2 Å². The monoisotopic (exact) mass is 443 g/mol. The van der Waals surface area contributed by atoms with Gasteiger partial charge in [0.25, 0.3) is 11.8 Å². The molecule has 0 saturated carbocycles. The van der Waals surface area contributed by atoms with Crippen molar-refractivity contribution in [1.82, 2.24) is 14.8 Å². The van der Waals surface area contributed by atoms with Crippen LogP contribution in [0, 0.1) is 13.8 Å². The molecule has 1 N–H and O–H groups in total. The molecule has 3 rings (SSSR count). The fraction of sp³-hybridized carbons (Fsp3) is 0.150. The molecule has 1 aromatic carbocycles. The predicted molar refractivity (Wildman–Crippen MR) is 114 cm³/mol. The number of nitrogens with one attached hydrogen (secondary N) is 1. The standard InChI is InChI=1S/C20H18BrN3O2S/c1-4-8-23-19(26)17(18(25)22-20(23)27)10-14-9-12(2)24(13(14)3)16-7-5-6-15(21)11-16/h4-7,9-11H,1,8H2,2-3H3,(H,22,25,27)/b17-10+. The van der Waals surface area contributed by atoms with E-state index in [-0.39, 0.29) is 17.2 Å². The van der Waals surface area contributed by atoms with Crippen LogP contribution < -0.4 is 5.32 Å². The van der Waals surface area contributed by atoms with Crippen LogP contribution in [0.5, 0.6) is 0 Å². The molecule has 1 aliphatic rings. The van der Waals surface area contributed by atoms with Crippen molar-refractivity contribution in [2.45, 2.75) is 13.8 Å². The van der Waals surface area contributed by atoms with E-state index >= 15 is 0 Å². The van der Waals surface area contributed by atoms with Gasteiger partial charge in [-0.3, -0.25) is 19.8 Å². The summed E-state index contributed by atoms with van der Waals surface area (Å²) >= 11 is 8.57. The number of amides is 2. The number of thiocarbonyl (C=S) groups is 1. The number of aromatic nitrogens is 1. The predicted octanol–water partition coefficient (Wildman–Crippen LogP) is 3.67. The second kappa shape index (κ2) is 7.62. The average molecular weight is 444 g/mol. The number of nitrogens with zero attached hydrogens (tertiary/aromatic N) is 2. The molecule has 27 heavy (non-hydrogen) atoms. The molecule has 2 heterocycles. The van der Waals surface area contributed by atoms with E-state index < -0.39 is 11.8 Å². The summed E-state index contributed by atoms with van der Waals surface area (Å²) in [6.45, 7) is 7.81. The third kappa shape index (κ3) is 3.65. The number of carbonyl (C=O) groups is 2. The molecule has 0 atom stereocenters. The molecule has 1 aromatic heterocycles. The molecule has 1 saturated heterocycles. The fourth-order valence-electron chi connectivity index (χ4n) is 3.09. The third-order valence-electron chi connectivity index (χ3n) is 4.33. The lowest BCUT2D eigenvalue weighted by Crippen LogP contribution is -2.53. The molecule has 2 amide bonds. The Balaban J connectivity index is 2.06. The zero-order valence-corrected chi connectivity index (χ0v) is 17.4. The van der Waals surface area contributed by atoms with Crippen molar-refractivity contribution in [1.29, 1.82) is 0 Å². The van der Waals surface area contributed by atoms with Gasteiger partial charge in [-0.15, -0.1) is 6.58 Å². The van der Waals surface area contributed by atoms with E-state index in [0.29, 0.717) is 0 Å². The van der Waals surface area contributed by atoms with Crippen molar-refractivity contribution < 1.29 is 9.59 Å². The van der Waals surface area contributed by atoms with E-state index in [2.05, 4.69) is 32.4 Å². The van der Waals surface area contributed by atoms with Gasteiger partial charge in [-0.05, 0) is 62.0 Å². The van der Waals surface area contributed by atoms with Crippen molar-refractivity contribution in [3.05, 3.63) is 70.0 Å². The first-order valence-electron chi connectivity index (χ1n) is 8.28. The highest BCUT2D eigenvalue weighted by atomic mass is 79.9. The van der Waals surface area contributed by atoms with Gasteiger partial charge in [-0.2, -0.15) is 0 Å². The van der Waals surface area contributed by atoms with Crippen molar-refractivity contribution in [3.63, 3.8) is 0 Å². The summed E-state index contributed by atoms with van der Waals surface area (Å²) in [5, 5.41) is 2.66. The Kier molecular flexibility index (Phi) is 5.43. The first kappa shape index (κ1) is 19.3. The van der Waals surface area contributed by atoms with Crippen LogP contribution in [-0.4, -0.2) is 32.9 Å². The minimum Gasteiger partial charge on any atom is -0.318 e. The summed E-state index contributed by atoms with van der Waals surface area (Å²) in [7, 11) is 0. The molecule has 0 unspecified atom stereocenters. The van der Waals surface area contributed by atoms with Crippen molar-refractivity contribution >= 4 is 51.2 Å². The average Bonchev–Trinajstić information content (AvgIpc) is 2.89. The lowest BCUT2D eigenvalue weighted by Gasteiger charge is -2.27. The number of aryl methyl sites for hydroxylation is 1. The fourth-order valence-corrected chi connectivity index (χ4v) is 3.73. The molecule has 0 radical (unpaired) electrons. The largest absolute Gasteiger partial charge is 0.318 e. The molecule has 5 nitrogen and oxygen atoms in total. The summed E-state index contributed by atoms with van der Waals surface area (Å²) in [5.41, 5.74) is 3.79. The van der Waals surface area contributed by atoms with E-state index in [1.807, 2.05) is 44.2 Å². The van der Waals surface area contributed by atoms with E-state index in [1.165, 1.54) is 4.90 Å². The first-order chi connectivity index (χ1) is 12.8. The van der Waals surface area contributed by atoms with Gasteiger partial charge in [0.1, 0.15) is 5.57 Å².